The molecule has 1 amide bonds. The van der Waals surface area contributed by atoms with Crippen LogP contribution in [0.25, 0.3) is 11.1 Å². The Bertz CT molecular complexity index is 1350. The van der Waals surface area contributed by atoms with Crippen molar-refractivity contribution in [3.8, 4) is 17.0 Å². The van der Waals surface area contributed by atoms with Crippen molar-refractivity contribution in [1.82, 2.24) is 15.1 Å². The highest BCUT2D eigenvalue weighted by atomic mass is 16.5. The third kappa shape index (κ3) is 4.60. The topological polar surface area (TPSA) is 90.6 Å². The third-order valence-corrected chi connectivity index (χ3v) is 9.77. The van der Waals surface area contributed by atoms with Crippen LogP contribution in [-0.2, 0) is 14.9 Å². The zero-order chi connectivity index (χ0) is 27.2. The summed E-state index contributed by atoms with van der Waals surface area (Å²) in [6.45, 7) is 2.28. The van der Waals surface area contributed by atoms with Crippen molar-refractivity contribution < 1.29 is 18.8 Å². The highest BCUT2D eigenvalue weighted by Gasteiger charge is 2.71. The van der Waals surface area contributed by atoms with E-state index in [0.29, 0.717) is 11.8 Å². The number of hydrogen-bond acceptors (Lipinski definition) is 7. The summed E-state index contributed by atoms with van der Waals surface area (Å²) in [4.78, 5) is 25.3. The lowest BCUT2D eigenvalue weighted by molar-refractivity contribution is -0.152. The van der Waals surface area contributed by atoms with Crippen molar-refractivity contribution in [1.29, 1.82) is 0 Å². The quantitative estimate of drug-likeness (QED) is 0.341. The summed E-state index contributed by atoms with van der Waals surface area (Å²) in [5.41, 5.74) is 3.17. The summed E-state index contributed by atoms with van der Waals surface area (Å²) in [6, 6.07) is 12.3. The monoisotopic (exact) mass is 542 g/mol. The summed E-state index contributed by atoms with van der Waals surface area (Å²) < 4.78 is 16.7. The van der Waals surface area contributed by atoms with Crippen molar-refractivity contribution in [3.05, 3.63) is 54.3 Å². The third-order valence-electron chi connectivity index (χ3n) is 9.77. The molecule has 8 nitrogen and oxygen atoms in total. The van der Waals surface area contributed by atoms with Crippen molar-refractivity contribution in [3.63, 3.8) is 0 Å². The highest BCUT2D eigenvalue weighted by molar-refractivity contribution is 5.96. The van der Waals surface area contributed by atoms with Crippen LogP contribution >= 0.6 is 0 Å². The van der Waals surface area contributed by atoms with Gasteiger partial charge in [-0.05, 0) is 79.7 Å². The molecule has 1 aromatic carbocycles. The molecule has 40 heavy (non-hydrogen) atoms. The number of aromatic nitrogens is 3. The lowest BCUT2D eigenvalue weighted by Gasteiger charge is -2.69. The van der Waals surface area contributed by atoms with Gasteiger partial charge in [0.05, 0.1) is 12.5 Å². The average molecular weight is 543 g/mol. The number of amides is 1. The van der Waals surface area contributed by atoms with Gasteiger partial charge in [-0.15, -0.1) is 0 Å². The van der Waals surface area contributed by atoms with Crippen molar-refractivity contribution >= 4 is 11.6 Å². The largest absolute Gasteiger partial charge is 0.481 e. The molecule has 0 spiro atoms. The van der Waals surface area contributed by atoms with Crippen molar-refractivity contribution in [2.75, 3.05) is 31.8 Å². The SMILES string of the molecule is COc1cc(-c2cccc(N(CC34CC(c5nc(C6CCOCC6)no5)(C3)C4)C(=O)C3CCCCC3)c2)ccn1. The minimum absolute atomic E-state index is 0.00852. The maximum absolute atomic E-state index is 14.1. The van der Waals surface area contributed by atoms with Gasteiger partial charge >= 0.3 is 0 Å². The lowest BCUT2D eigenvalue weighted by Crippen LogP contribution is -2.68. The Balaban J connectivity index is 1.11. The fraction of sp³-hybridized carbons (Fsp3) is 0.562. The molecule has 8 rings (SSSR count). The summed E-state index contributed by atoms with van der Waals surface area (Å²) >= 11 is 0. The van der Waals surface area contributed by atoms with Crippen molar-refractivity contribution in [2.45, 2.75) is 75.5 Å². The molecule has 0 N–H and O–H groups in total. The molecular formula is C32H38N4O4. The molecule has 0 radical (unpaired) electrons. The van der Waals surface area contributed by atoms with Gasteiger partial charge in [0.25, 0.3) is 0 Å². The summed E-state index contributed by atoms with van der Waals surface area (Å²) in [5.74, 6) is 2.95. The van der Waals surface area contributed by atoms with Gasteiger partial charge in [0, 0.05) is 49.5 Å². The van der Waals surface area contributed by atoms with E-state index in [1.54, 1.807) is 13.3 Å². The maximum Gasteiger partial charge on any atom is 0.232 e. The molecule has 2 bridgehead atoms. The molecule has 0 unspecified atom stereocenters. The van der Waals surface area contributed by atoms with E-state index < -0.39 is 0 Å². The van der Waals surface area contributed by atoms with Gasteiger partial charge in [-0.2, -0.15) is 4.98 Å². The van der Waals surface area contributed by atoms with Crippen LogP contribution in [0, 0.1) is 11.3 Å². The second-order valence-corrected chi connectivity index (χ2v) is 12.6. The molecule has 1 saturated heterocycles. The highest BCUT2D eigenvalue weighted by Crippen LogP contribution is 2.73. The number of benzene rings is 1. The van der Waals surface area contributed by atoms with Crippen LogP contribution < -0.4 is 9.64 Å². The second-order valence-electron chi connectivity index (χ2n) is 12.6. The number of carbonyl (C=O) groups is 1. The fourth-order valence-electron chi connectivity index (χ4n) is 7.72. The van der Waals surface area contributed by atoms with E-state index in [1.807, 2.05) is 12.1 Å². The van der Waals surface area contributed by atoms with E-state index in [0.717, 1.165) is 106 Å². The Kier molecular flexibility index (Phi) is 6.61. The van der Waals surface area contributed by atoms with E-state index in [1.165, 1.54) is 6.42 Å². The van der Waals surface area contributed by atoms with Gasteiger partial charge in [0.15, 0.2) is 5.82 Å². The number of carbonyl (C=O) groups excluding carboxylic acids is 1. The first-order chi connectivity index (χ1) is 19.6. The number of pyridine rings is 1. The molecule has 2 aromatic heterocycles. The first kappa shape index (κ1) is 25.7. The van der Waals surface area contributed by atoms with Crippen LogP contribution in [0.3, 0.4) is 0 Å². The zero-order valence-corrected chi connectivity index (χ0v) is 23.3. The number of methoxy groups -OCH3 is 1. The number of hydrogen-bond donors (Lipinski definition) is 0. The Labute approximate surface area is 235 Å². The first-order valence-electron chi connectivity index (χ1n) is 14.9. The smallest absolute Gasteiger partial charge is 0.232 e. The van der Waals surface area contributed by atoms with Gasteiger partial charge in [0.2, 0.25) is 17.7 Å². The normalized spacial score (nSPS) is 26.5. The Morgan fingerprint density at radius 3 is 2.58 bits per heavy atom. The molecular weight excluding hydrogens is 504 g/mol. The fourth-order valence-corrected chi connectivity index (χ4v) is 7.72. The van der Waals surface area contributed by atoms with Crippen molar-refractivity contribution in [2.24, 2.45) is 11.3 Å². The predicted octanol–water partition coefficient (Wildman–Crippen LogP) is 6.07. The molecule has 5 fully saturated rings. The standard InChI is InChI=1S/C32H38N4O4/c1-38-27-17-25(10-13-33-27)24-8-5-9-26(16-24)36(29(37)23-6-3-2-4-7-23)21-31-18-32(19-31,20-31)30-34-28(35-40-30)22-11-14-39-15-12-22/h5,8-10,13,16-17,22-23H,2-4,6-7,11-12,14-15,18-21H2,1H3. The molecule has 3 heterocycles. The van der Waals surface area contributed by atoms with Crippen LogP contribution in [0.15, 0.2) is 47.1 Å². The Hall–Kier alpha value is -3.26. The van der Waals surface area contributed by atoms with E-state index >= 15 is 0 Å². The summed E-state index contributed by atoms with van der Waals surface area (Å²) in [7, 11) is 1.63. The maximum atomic E-state index is 14.1. The first-order valence-corrected chi connectivity index (χ1v) is 14.9. The van der Waals surface area contributed by atoms with Crippen LogP contribution in [0.4, 0.5) is 5.69 Å². The lowest BCUT2D eigenvalue weighted by atomic mass is 9.35. The summed E-state index contributed by atoms with van der Waals surface area (Å²) in [6.07, 6.45) is 12.2. The van der Waals surface area contributed by atoms with Gasteiger partial charge < -0.3 is 18.9 Å². The van der Waals surface area contributed by atoms with Crippen LogP contribution in [0.1, 0.15) is 81.8 Å². The number of rotatable bonds is 8. The minimum atomic E-state index is -0.00852. The molecule has 8 heteroatoms. The molecule has 4 aliphatic carbocycles. The Morgan fingerprint density at radius 1 is 1.02 bits per heavy atom. The van der Waals surface area contributed by atoms with Gasteiger partial charge in [-0.1, -0.05) is 36.6 Å². The average Bonchev–Trinajstić information content (AvgIpc) is 3.47. The van der Waals surface area contributed by atoms with Gasteiger partial charge in [-0.25, -0.2) is 4.98 Å². The molecule has 0 atom stereocenters. The van der Waals surface area contributed by atoms with E-state index in [9.17, 15) is 4.79 Å². The minimum Gasteiger partial charge on any atom is -0.481 e. The van der Waals surface area contributed by atoms with Gasteiger partial charge in [-0.3, -0.25) is 4.79 Å². The molecule has 1 aliphatic heterocycles. The van der Waals surface area contributed by atoms with Crippen LogP contribution in [-0.4, -0.2) is 47.9 Å². The van der Waals surface area contributed by atoms with E-state index in [2.05, 4.69) is 39.3 Å². The predicted molar refractivity (Wildman–Crippen MR) is 150 cm³/mol. The van der Waals surface area contributed by atoms with E-state index in [-0.39, 0.29) is 22.7 Å². The molecule has 5 aliphatic rings. The van der Waals surface area contributed by atoms with Gasteiger partial charge in [0.1, 0.15) is 0 Å². The number of ether oxygens (including phenoxy) is 2. The molecule has 4 saturated carbocycles. The van der Waals surface area contributed by atoms with Crippen LogP contribution in [0.5, 0.6) is 5.88 Å². The molecule has 3 aromatic rings. The summed E-state index contributed by atoms with van der Waals surface area (Å²) in [5, 5.41) is 4.36. The Morgan fingerprint density at radius 2 is 1.80 bits per heavy atom. The zero-order valence-electron chi connectivity index (χ0n) is 23.3. The second kappa shape index (κ2) is 10.3. The number of nitrogens with zero attached hydrogens (tertiary/aromatic N) is 4. The van der Waals surface area contributed by atoms with E-state index in [4.69, 9.17) is 19.0 Å². The van der Waals surface area contributed by atoms with Crippen LogP contribution in [0.2, 0.25) is 0 Å². The molecule has 210 valence electrons. The number of anilines is 1.